The SMILES string of the molecule is CCC(C)OC(=O)C(C)(C)NP(OCC1CC(C)C(n2cnc3c(SC)ncnc32)O1)Oc1ccc(Cl)cc1. The number of rotatable bonds is 12. The number of nitrogens with one attached hydrogen (secondary N) is 1. The Balaban J connectivity index is 1.45. The molecule has 4 rings (SSSR count). The zero-order valence-corrected chi connectivity index (χ0v) is 25.4. The molecule has 5 unspecified atom stereocenters. The fourth-order valence-corrected chi connectivity index (χ4v) is 5.98. The predicted molar refractivity (Wildman–Crippen MR) is 153 cm³/mol. The molecule has 0 saturated carbocycles. The van der Waals surface area contributed by atoms with Gasteiger partial charge in [-0.1, -0.05) is 25.4 Å². The highest BCUT2D eigenvalue weighted by Gasteiger charge is 2.38. The van der Waals surface area contributed by atoms with Crippen molar-refractivity contribution in [1.82, 2.24) is 24.6 Å². The van der Waals surface area contributed by atoms with Crippen molar-refractivity contribution in [2.75, 3.05) is 12.9 Å². The van der Waals surface area contributed by atoms with E-state index in [4.69, 9.17) is 30.1 Å². The molecule has 5 atom stereocenters. The van der Waals surface area contributed by atoms with E-state index in [1.165, 1.54) is 11.8 Å². The Morgan fingerprint density at radius 2 is 2.05 bits per heavy atom. The number of nitrogens with zero attached hydrogens (tertiary/aromatic N) is 4. The summed E-state index contributed by atoms with van der Waals surface area (Å²) in [6.45, 7) is 9.73. The first kappa shape index (κ1) is 30.0. The number of carbonyl (C=O) groups is 1. The van der Waals surface area contributed by atoms with E-state index < -0.39 is 14.1 Å². The zero-order chi connectivity index (χ0) is 28.2. The molecule has 0 spiro atoms. The molecule has 0 bridgehead atoms. The topological polar surface area (TPSA) is 110 Å². The fraction of sp³-hybridized carbons (Fsp3) is 0.538. The number of halogens is 1. The van der Waals surface area contributed by atoms with Crippen LogP contribution in [0.2, 0.25) is 5.02 Å². The molecule has 10 nitrogen and oxygen atoms in total. The Morgan fingerprint density at radius 3 is 2.74 bits per heavy atom. The van der Waals surface area contributed by atoms with Gasteiger partial charge in [-0.15, -0.1) is 11.8 Å². The lowest BCUT2D eigenvalue weighted by atomic mass is 10.1. The van der Waals surface area contributed by atoms with Gasteiger partial charge in [-0.05, 0) is 64.1 Å². The minimum absolute atomic E-state index is 0.190. The Labute approximate surface area is 239 Å². The van der Waals surface area contributed by atoms with Crippen LogP contribution in [0.3, 0.4) is 0 Å². The maximum atomic E-state index is 12.8. The molecule has 1 aliphatic rings. The van der Waals surface area contributed by atoms with Crippen molar-refractivity contribution >= 4 is 49.0 Å². The summed E-state index contributed by atoms with van der Waals surface area (Å²) in [5.74, 6) is 0.385. The average Bonchev–Trinajstić information content (AvgIpc) is 3.50. The molecule has 0 aliphatic carbocycles. The number of hydrogen-bond donors (Lipinski definition) is 1. The highest BCUT2D eigenvalue weighted by molar-refractivity contribution is 7.98. The number of benzene rings is 1. The van der Waals surface area contributed by atoms with Crippen LogP contribution in [0.25, 0.3) is 11.2 Å². The van der Waals surface area contributed by atoms with Gasteiger partial charge in [0.2, 0.25) is 0 Å². The average molecular weight is 596 g/mol. The van der Waals surface area contributed by atoms with Gasteiger partial charge in [0.1, 0.15) is 34.4 Å². The highest BCUT2D eigenvalue weighted by Crippen LogP contribution is 2.42. The third-order valence-electron chi connectivity index (χ3n) is 6.39. The van der Waals surface area contributed by atoms with E-state index in [9.17, 15) is 4.79 Å². The quantitative estimate of drug-likeness (QED) is 0.113. The van der Waals surface area contributed by atoms with Crippen molar-refractivity contribution in [2.45, 2.75) is 76.5 Å². The van der Waals surface area contributed by atoms with Crippen LogP contribution in [0.5, 0.6) is 5.75 Å². The molecule has 1 fully saturated rings. The number of carbonyl (C=O) groups excluding carboxylic acids is 1. The van der Waals surface area contributed by atoms with Gasteiger partial charge in [0.05, 0.1) is 25.1 Å². The van der Waals surface area contributed by atoms with Gasteiger partial charge >= 0.3 is 14.5 Å². The van der Waals surface area contributed by atoms with E-state index in [-0.39, 0.29) is 36.9 Å². The molecule has 0 amide bonds. The van der Waals surface area contributed by atoms with Crippen LogP contribution in [0.1, 0.15) is 53.7 Å². The first-order valence-corrected chi connectivity index (χ1v) is 15.6. The number of fused-ring (bicyclic) bond motifs is 1. The second-order valence-corrected chi connectivity index (χ2v) is 12.4. The molecule has 1 aliphatic heterocycles. The third-order valence-corrected chi connectivity index (χ3v) is 8.83. The van der Waals surface area contributed by atoms with Crippen LogP contribution in [0, 0.1) is 5.92 Å². The molecule has 212 valence electrons. The molecule has 2 aromatic heterocycles. The third kappa shape index (κ3) is 7.39. The predicted octanol–water partition coefficient (Wildman–Crippen LogP) is 6.16. The van der Waals surface area contributed by atoms with E-state index in [0.29, 0.717) is 10.8 Å². The van der Waals surface area contributed by atoms with E-state index in [1.54, 1.807) is 50.8 Å². The van der Waals surface area contributed by atoms with Crippen LogP contribution in [0.4, 0.5) is 0 Å². The molecular weight excluding hydrogens is 561 g/mol. The summed E-state index contributed by atoms with van der Waals surface area (Å²) in [4.78, 5) is 26.1. The summed E-state index contributed by atoms with van der Waals surface area (Å²) >= 11 is 7.57. The molecule has 39 heavy (non-hydrogen) atoms. The summed E-state index contributed by atoms with van der Waals surface area (Å²) in [6, 6.07) is 6.99. The van der Waals surface area contributed by atoms with Crippen molar-refractivity contribution < 1.29 is 23.3 Å². The van der Waals surface area contributed by atoms with Crippen LogP contribution < -0.4 is 9.61 Å². The summed E-state index contributed by atoms with van der Waals surface area (Å²) < 4.78 is 26.3. The van der Waals surface area contributed by atoms with Crippen molar-refractivity contribution in [3.05, 3.63) is 41.9 Å². The maximum Gasteiger partial charge on any atom is 0.326 e. The summed E-state index contributed by atoms with van der Waals surface area (Å²) in [6.07, 6.45) is 6.14. The lowest BCUT2D eigenvalue weighted by Crippen LogP contribution is -2.47. The van der Waals surface area contributed by atoms with Crippen molar-refractivity contribution in [1.29, 1.82) is 0 Å². The lowest BCUT2D eigenvalue weighted by molar-refractivity contribution is -0.154. The fourth-order valence-electron chi connectivity index (χ4n) is 4.04. The van der Waals surface area contributed by atoms with Gasteiger partial charge < -0.3 is 18.5 Å². The minimum atomic E-state index is -1.74. The van der Waals surface area contributed by atoms with Crippen LogP contribution in [0.15, 0.2) is 41.9 Å². The number of aromatic nitrogens is 4. The Bertz CT molecular complexity index is 1260. The van der Waals surface area contributed by atoms with E-state index in [0.717, 1.165) is 29.0 Å². The number of ether oxygens (including phenoxy) is 2. The number of thioether (sulfide) groups is 1. The standard InChI is InChI=1S/C26H35ClN5O5PS/c1-7-17(3)35-25(33)26(4,5)31-38(37-19-10-8-18(27)9-11-19)34-13-20-12-16(2)24(36-20)32-15-30-21-22(32)28-14-29-23(21)39-6/h8-11,14-17,20,24,31H,7,12-13H2,1-6H3. The van der Waals surface area contributed by atoms with E-state index in [2.05, 4.69) is 27.0 Å². The van der Waals surface area contributed by atoms with Crippen molar-refractivity contribution in [2.24, 2.45) is 5.92 Å². The minimum Gasteiger partial charge on any atom is -0.461 e. The molecule has 3 heterocycles. The summed E-state index contributed by atoms with van der Waals surface area (Å²) in [7, 11) is -1.74. The lowest BCUT2D eigenvalue weighted by Gasteiger charge is -2.30. The normalized spacial score (nSPS) is 21.2. The Morgan fingerprint density at radius 1 is 1.31 bits per heavy atom. The Kier molecular flexibility index (Phi) is 10.1. The Hall–Kier alpha value is -2.01. The smallest absolute Gasteiger partial charge is 0.326 e. The number of imidazole rings is 1. The van der Waals surface area contributed by atoms with Crippen LogP contribution in [-0.4, -0.2) is 56.1 Å². The van der Waals surface area contributed by atoms with Gasteiger partial charge in [0.25, 0.3) is 0 Å². The van der Waals surface area contributed by atoms with Crippen molar-refractivity contribution in [3.8, 4) is 5.75 Å². The van der Waals surface area contributed by atoms with Crippen molar-refractivity contribution in [3.63, 3.8) is 0 Å². The van der Waals surface area contributed by atoms with Gasteiger partial charge in [-0.3, -0.25) is 9.36 Å². The van der Waals surface area contributed by atoms with Crippen LogP contribution >= 0.6 is 31.9 Å². The molecule has 13 heteroatoms. The second-order valence-electron chi connectivity index (χ2n) is 10.0. The van der Waals surface area contributed by atoms with Gasteiger partial charge in [-0.2, -0.15) is 0 Å². The highest BCUT2D eigenvalue weighted by atomic mass is 35.5. The van der Waals surface area contributed by atoms with Gasteiger partial charge in [0, 0.05) is 10.9 Å². The molecule has 1 saturated heterocycles. The largest absolute Gasteiger partial charge is 0.461 e. The summed E-state index contributed by atoms with van der Waals surface area (Å²) in [5.41, 5.74) is 0.457. The molecule has 0 radical (unpaired) electrons. The monoisotopic (exact) mass is 595 g/mol. The maximum absolute atomic E-state index is 12.8. The van der Waals surface area contributed by atoms with Gasteiger partial charge in [-0.25, -0.2) is 20.0 Å². The molecule has 3 aromatic rings. The first-order chi connectivity index (χ1) is 18.6. The first-order valence-electron chi connectivity index (χ1n) is 12.8. The molecular formula is C26H35ClN5O5PS. The van der Waals surface area contributed by atoms with Gasteiger partial charge in [0.15, 0.2) is 5.65 Å². The number of esters is 1. The second kappa shape index (κ2) is 13.1. The van der Waals surface area contributed by atoms with E-state index in [1.807, 2.05) is 24.7 Å². The number of hydrogen-bond acceptors (Lipinski definition) is 10. The van der Waals surface area contributed by atoms with Crippen LogP contribution in [-0.2, 0) is 18.8 Å². The molecule has 1 aromatic carbocycles. The molecule has 1 N–H and O–H groups in total. The summed E-state index contributed by atoms with van der Waals surface area (Å²) in [5, 5.41) is 4.64. The van der Waals surface area contributed by atoms with E-state index >= 15 is 0 Å². The zero-order valence-electron chi connectivity index (χ0n) is 23.0.